The van der Waals surface area contributed by atoms with Crippen LogP contribution in [-0.4, -0.2) is 31.3 Å². The number of para-hydroxylation sites is 1. The highest BCUT2D eigenvalue weighted by Crippen LogP contribution is 2.41. The molecular weight excluding hydrogens is 402 g/mol. The minimum atomic E-state index is -0.314. The van der Waals surface area contributed by atoms with Crippen molar-refractivity contribution in [1.29, 1.82) is 0 Å². The van der Waals surface area contributed by atoms with Gasteiger partial charge in [0.1, 0.15) is 6.10 Å². The molecule has 0 aliphatic heterocycles. The average molecular weight is 420 g/mol. The number of nitrogen functional groups attached to an aromatic ring is 1. The first kappa shape index (κ1) is 18.3. The van der Waals surface area contributed by atoms with Gasteiger partial charge in [0.05, 0.1) is 10.2 Å². The van der Waals surface area contributed by atoms with Crippen molar-refractivity contribution >= 4 is 60.8 Å². The first-order valence-corrected chi connectivity index (χ1v) is 10.7. The number of nitrogens with zero attached hydrogens (tertiary/aromatic N) is 4. The third-order valence-corrected chi connectivity index (χ3v) is 6.67. The van der Waals surface area contributed by atoms with Gasteiger partial charge in [-0.05, 0) is 42.2 Å². The first-order valence-electron chi connectivity index (χ1n) is 8.31. The lowest BCUT2D eigenvalue weighted by atomic mass is 9.70. The fourth-order valence-corrected chi connectivity index (χ4v) is 5.22. The summed E-state index contributed by atoms with van der Waals surface area (Å²) in [5, 5.41) is 4.06. The van der Waals surface area contributed by atoms with Crippen LogP contribution in [0, 0.1) is 5.41 Å². The number of carbonyl (C=O) groups is 1. The van der Waals surface area contributed by atoms with E-state index < -0.39 is 0 Å². The number of nitrogens with two attached hydrogens (primary N) is 1. The Kier molecular flexibility index (Phi) is 4.87. The number of benzene rings is 1. The number of thioether (sulfide) groups is 1. The Balaban J connectivity index is 1.54. The normalized spacial score (nSPS) is 17.0. The Hall–Kier alpha value is -2.04. The highest BCUT2D eigenvalue weighted by molar-refractivity contribution is 8.16. The maximum absolute atomic E-state index is 12.8. The van der Waals surface area contributed by atoms with E-state index in [0.717, 1.165) is 46.4 Å². The lowest BCUT2D eigenvalue weighted by molar-refractivity contribution is -0.106. The second-order valence-electron chi connectivity index (χ2n) is 7.03. The summed E-state index contributed by atoms with van der Waals surface area (Å²) in [4.78, 5) is 27.0. The molecule has 10 heteroatoms. The predicted octanol–water partition coefficient (Wildman–Crippen LogP) is 3.96. The molecule has 3 aromatic rings. The molecule has 1 fully saturated rings. The van der Waals surface area contributed by atoms with Crippen molar-refractivity contribution in [2.24, 2.45) is 10.6 Å². The van der Waals surface area contributed by atoms with Crippen LogP contribution >= 0.6 is 34.6 Å². The van der Waals surface area contributed by atoms with Crippen LogP contribution < -0.4 is 5.73 Å². The third-order valence-electron chi connectivity index (χ3n) is 4.15. The van der Waals surface area contributed by atoms with E-state index in [9.17, 15) is 4.79 Å². The Morgan fingerprint density at radius 3 is 2.78 bits per heavy atom. The van der Waals surface area contributed by atoms with Gasteiger partial charge in [0.25, 0.3) is 5.12 Å². The monoisotopic (exact) mass is 419 g/mol. The van der Waals surface area contributed by atoms with Gasteiger partial charge in [-0.25, -0.2) is 4.98 Å². The fourth-order valence-electron chi connectivity index (χ4n) is 2.90. The molecule has 1 aliphatic rings. The zero-order chi connectivity index (χ0) is 19.0. The molecule has 0 saturated heterocycles. The summed E-state index contributed by atoms with van der Waals surface area (Å²) in [5.41, 5.74) is 6.85. The molecule has 0 amide bonds. The molecule has 4 rings (SSSR count). The number of fused-ring (bicyclic) bond motifs is 1. The smallest absolute Gasteiger partial charge is 0.252 e. The van der Waals surface area contributed by atoms with Crippen LogP contribution in [0.3, 0.4) is 0 Å². The number of thiazole rings is 1. The second-order valence-corrected chi connectivity index (χ2v) is 10.1. The van der Waals surface area contributed by atoms with Crippen molar-refractivity contribution in [3.05, 3.63) is 30.1 Å². The highest BCUT2D eigenvalue weighted by Gasteiger charge is 2.38. The quantitative estimate of drug-likeness (QED) is 0.379. The first-order chi connectivity index (χ1) is 12.9. The number of hydrogen-bond acceptors (Lipinski definition) is 10. The van der Waals surface area contributed by atoms with E-state index in [4.69, 9.17) is 10.6 Å². The van der Waals surface area contributed by atoms with Crippen LogP contribution in [0.15, 0.2) is 33.8 Å². The van der Waals surface area contributed by atoms with Crippen LogP contribution in [0.4, 0.5) is 5.13 Å². The van der Waals surface area contributed by atoms with Gasteiger partial charge < -0.3 is 10.6 Å². The highest BCUT2D eigenvalue weighted by atomic mass is 32.2. The molecular formula is C17H17N5O2S3. The fraction of sp³-hybridized carbons (Fsp3) is 0.353. The number of aromatic nitrogens is 3. The third kappa shape index (κ3) is 4.12. The molecule has 0 radical (unpaired) electrons. The number of rotatable bonds is 5. The van der Waals surface area contributed by atoms with Crippen molar-refractivity contribution in [2.45, 2.75) is 37.1 Å². The molecule has 2 aromatic heterocycles. The van der Waals surface area contributed by atoms with Gasteiger partial charge in [-0.3, -0.25) is 4.79 Å². The minimum absolute atomic E-state index is 0.00577. The molecule has 0 spiro atoms. The predicted molar refractivity (Wildman–Crippen MR) is 109 cm³/mol. The van der Waals surface area contributed by atoms with Gasteiger partial charge >= 0.3 is 0 Å². The van der Waals surface area contributed by atoms with Gasteiger partial charge in [0.15, 0.2) is 9.47 Å². The lowest BCUT2D eigenvalue weighted by Crippen LogP contribution is -2.37. The van der Waals surface area contributed by atoms with Crippen molar-refractivity contribution in [1.82, 2.24) is 14.3 Å². The Morgan fingerprint density at radius 2 is 2.11 bits per heavy atom. The van der Waals surface area contributed by atoms with Crippen LogP contribution in [0.2, 0.25) is 0 Å². The Morgan fingerprint density at radius 1 is 1.33 bits per heavy atom. The van der Waals surface area contributed by atoms with E-state index >= 15 is 0 Å². The maximum Gasteiger partial charge on any atom is 0.252 e. The van der Waals surface area contributed by atoms with Crippen LogP contribution in [0.5, 0.6) is 0 Å². The van der Waals surface area contributed by atoms with E-state index in [-0.39, 0.29) is 33.3 Å². The van der Waals surface area contributed by atoms with Crippen molar-refractivity contribution in [3.8, 4) is 0 Å². The van der Waals surface area contributed by atoms with E-state index in [2.05, 4.69) is 33.3 Å². The largest absolute Gasteiger partial charge is 0.392 e. The summed E-state index contributed by atoms with van der Waals surface area (Å²) in [7, 11) is 0. The zero-order valence-corrected chi connectivity index (χ0v) is 17.2. The van der Waals surface area contributed by atoms with Gasteiger partial charge in [0, 0.05) is 11.5 Å². The molecule has 1 aromatic carbocycles. The summed E-state index contributed by atoms with van der Waals surface area (Å²) < 4.78 is 5.78. The molecule has 1 aliphatic carbocycles. The summed E-state index contributed by atoms with van der Waals surface area (Å²) in [6.07, 6.45) is 1.80. The summed E-state index contributed by atoms with van der Waals surface area (Å²) in [6, 6.07) is 7.75. The zero-order valence-electron chi connectivity index (χ0n) is 14.7. The average Bonchev–Trinajstić information content (AvgIpc) is 3.18. The lowest BCUT2D eigenvalue weighted by Gasteiger charge is -2.40. The summed E-state index contributed by atoms with van der Waals surface area (Å²) >= 11 is 3.48. The topological polar surface area (TPSA) is 103 Å². The number of carbonyl (C=O) groups excluding carboxylic acids is 1. The molecule has 0 unspecified atom stereocenters. The minimum Gasteiger partial charge on any atom is -0.392 e. The number of anilines is 1. The van der Waals surface area contributed by atoms with Crippen LogP contribution in [0.1, 0.15) is 32.5 Å². The molecule has 140 valence electrons. The second kappa shape index (κ2) is 7.17. The number of oxime groups is 1. The van der Waals surface area contributed by atoms with Gasteiger partial charge in [0.2, 0.25) is 11.5 Å². The maximum atomic E-state index is 12.8. The van der Waals surface area contributed by atoms with E-state index in [1.54, 1.807) is 0 Å². The SMILES string of the molecule is CC1(C)CC(O/N=C(\C(=O)Sc2nc3ccccc3s2)c2nsc(N)n2)C1. The van der Waals surface area contributed by atoms with E-state index in [1.807, 2.05) is 24.3 Å². The molecule has 2 N–H and O–H groups in total. The molecule has 1 saturated carbocycles. The van der Waals surface area contributed by atoms with Crippen molar-refractivity contribution in [2.75, 3.05) is 5.73 Å². The van der Waals surface area contributed by atoms with Crippen molar-refractivity contribution < 1.29 is 9.63 Å². The van der Waals surface area contributed by atoms with E-state index in [0.29, 0.717) is 4.34 Å². The molecule has 27 heavy (non-hydrogen) atoms. The number of hydrogen-bond donors (Lipinski definition) is 1. The molecule has 2 heterocycles. The Bertz CT molecular complexity index is 985. The molecule has 0 bridgehead atoms. The van der Waals surface area contributed by atoms with Crippen LogP contribution in [0.25, 0.3) is 10.2 Å². The van der Waals surface area contributed by atoms with Gasteiger partial charge in [-0.1, -0.05) is 31.1 Å². The Labute approximate surface area is 168 Å². The standard InChI is InChI=1S/C17H17N5O2S3/c1-17(2)7-9(8-17)24-21-12(13-20-15(18)27-22-13)14(23)26-16-19-10-5-3-4-6-11(10)25-16/h3-6,9H,7-8H2,1-2H3,(H2,18,20,22)/b21-12-. The summed E-state index contributed by atoms with van der Waals surface area (Å²) in [5.74, 6) is 0.190. The van der Waals surface area contributed by atoms with Crippen molar-refractivity contribution in [3.63, 3.8) is 0 Å². The molecule has 7 nitrogen and oxygen atoms in total. The molecule has 0 atom stereocenters. The van der Waals surface area contributed by atoms with E-state index in [1.165, 1.54) is 11.3 Å². The van der Waals surface area contributed by atoms with Gasteiger partial charge in [-0.15, -0.1) is 11.3 Å². The van der Waals surface area contributed by atoms with Gasteiger partial charge in [-0.2, -0.15) is 9.36 Å². The van der Waals surface area contributed by atoms with Crippen LogP contribution in [-0.2, 0) is 9.63 Å². The summed E-state index contributed by atoms with van der Waals surface area (Å²) in [6.45, 7) is 4.35.